The summed E-state index contributed by atoms with van der Waals surface area (Å²) in [5, 5.41) is 10.6. The van der Waals surface area contributed by atoms with Crippen molar-refractivity contribution in [3.8, 4) is 0 Å². The lowest BCUT2D eigenvalue weighted by Crippen LogP contribution is -2.26. The molecule has 0 spiro atoms. The number of benzene rings is 2. The maximum absolute atomic E-state index is 12.3. The Morgan fingerprint density at radius 3 is 2.40 bits per heavy atom. The van der Waals surface area contributed by atoms with Crippen molar-refractivity contribution in [2.75, 3.05) is 6.54 Å². The second-order valence-electron chi connectivity index (χ2n) is 5.36. The van der Waals surface area contributed by atoms with E-state index in [1.165, 1.54) is 30.3 Å². The fourth-order valence-electron chi connectivity index (χ4n) is 2.38. The van der Waals surface area contributed by atoms with Crippen molar-refractivity contribution in [2.24, 2.45) is 0 Å². The zero-order chi connectivity index (χ0) is 18.0. The first-order valence-corrected chi connectivity index (χ1v) is 8.78. The predicted molar refractivity (Wildman–Crippen MR) is 90.9 cm³/mol. The predicted octanol–water partition coefficient (Wildman–Crippen LogP) is 1.29. The number of aromatic nitrogens is 2. The van der Waals surface area contributed by atoms with Crippen molar-refractivity contribution in [3.05, 3.63) is 68.6 Å². The van der Waals surface area contributed by atoms with Crippen molar-refractivity contribution in [1.82, 2.24) is 14.7 Å². The summed E-state index contributed by atoms with van der Waals surface area (Å²) < 4.78 is 27.1. The van der Waals surface area contributed by atoms with Crippen LogP contribution in [0.4, 0.5) is 5.69 Å². The molecule has 130 valence electrons. The van der Waals surface area contributed by atoms with E-state index in [1.54, 1.807) is 12.1 Å². The average molecular weight is 362 g/mol. The van der Waals surface area contributed by atoms with Gasteiger partial charge in [0.25, 0.3) is 5.69 Å². The number of hydrogen-bond donors (Lipinski definition) is 3. The summed E-state index contributed by atoms with van der Waals surface area (Å²) in [6, 6.07) is 10.2. The fourth-order valence-corrected chi connectivity index (χ4v) is 3.43. The summed E-state index contributed by atoms with van der Waals surface area (Å²) in [5.74, 6) is 0. The maximum atomic E-state index is 12.3. The third-order valence-electron chi connectivity index (χ3n) is 3.65. The number of non-ortho nitro benzene ring substituents is 1. The number of H-pyrrole nitrogens is 2. The first-order valence-electron chi connectivity index (χ1n) is 7.30. The quantitative estimate of drug-likeness (QED) is 0.448. The highest BCUT2D eigenvalue weighted by molar-refractivity contribution is 7.89. The molecule has 1 heterocycles. The molecule has 9 nitrogen and oxygen atoms in total. The largest absolute Gasteiger partial charge is 0.323 e. The highest BCUT2D eigenvalue weighted by Gasteiger charge is 2.15. The Morgan fingerprint density at radius 1 is 1.04 bits per heavy atom. The summed E-state index contributed by atoms with van der Waals surface area (Å²) in [6.45, 7) is 0.141. The number of rotatable bonds is 6. The van der Waals surface area contributed by atoms with Gasteiger partial charge in [0.1, 0.15) is 0 Å². The van der Waals surface area contributed by atoms with Gasteiger partial charge in [-0.15, -0.1) is 0 Å². The monoisotopic (exact) mass is 362 g/mol. The lowest BCUT2D eigenvalue weighted by atomic mass is 10.1. The molecular weight excluding hydrogens is 348 g/mol. The lowest BCUT2D eigenvalue weighted by Gasteiger charge is -2.07. The van der Waals surface area contributed by atoms with Gasteiger partial charge < -0.3 is 9.97 Å². The smallest absolute Gasteiger partial charge is 0.306 e. The van der Waals surface area contributed by atoms with Gasteiger partial charge in [-0.05, 0) is 30.2 Å². The number of imidazole rings is 1. The van der Waals surface area contributed by atoms with Crippen LogP contribution in [0.25, 0.3) is 11.0 Å². The standard InChI is InChI=1S/C15H14N4O5S/c20-15-17-13-6-5-12(9-14(13)18-15)25(23,24)16-8-7-10-1-3-11(4-2-10)19(21)22/h1-6,9,16H,7-8H2,(H2,17,18,20). The molecule has 10 heteroatoms. The number of fused-ring (bicyclic) bond motifs is 1. The molecule has 0 aliphatic rings. The van der Waals surface area contributed by atoms with Crippen LogP contribution in [-0.2, 0) is 16.4 Å². The molecule has 1 aromatic heterocycles. The summed E-state index contributed by atoms with van der Waals surface area (Å²) >= 11 is 0. The Labute approximate surface area is 141 Å². The third-order valence-corrected chi connectivity index (χ3v) is 5.11. The number of hydrogen-bond acceptors (Lipinski definition) is 5. The molecule has 3 rings (SSSR count). The van der Waals surface area contributed by atoms with Crippen molar-refractivity contribution >= 4 is 26.7 Å². The molecule has 2 aromatic carbocycles. The minimum atomic E-state index is -3.73. The normalized spacial score (nSPS) is 11.7. The molecule has 0 atom stereocenters. The molecule has 0 fully saturated rings. The number of nitrogens with zero attached hydrogens (tertiary/aromatic N) is 1. The lowest BCUT2D eigenvalue weighted by molar-refractivity contribution is -0.384. The van der Waals surface area contributed by atoms with Gasteiger partial charge in [-0.3, -0.25) is 10.1 Å². The zero-order valence-corrected chi connectivity index (χ0v) is 13.7. The van der Waals surface area contributed by atoms with Crippen LogP contribution in [0.2, 0.25) is 0 Å². The highest BCUT2D eigenvalue weighted by atomic mass is 32.2. The molecule has 0 saturated heterocycles. The van der Waals surface area contributed by atoms with Crippen molar-refractivity contribution in [3.63, 3.8) is 0 Å². The van der Waals surface area contributed by atoms with Gasteiger partial charge >= 0.3 is 5.69 Å². The molecule has 25 heavy (non-hydrogen) atoms. The molecule has 0 radical (unpaired) electrons. The van der Waals surface area contributed by atoms with E-state index < -0.39 is 20.6 Å². The number of aromatic amines is 2. The van der Waals surface area contributed by atoms with Gasteiger partial charge in [0.15, 0.2) is 0 Å². The Hall–Kier alpha value is -2.98. The maximum Gasteiger partial charge on any atom is 0.323 e. The van der Waals surface area contributed by atoms with Crippen LogP contribution in [0.5, 0.6) is 0 Å². The van der Waals surface area contributed by atoms with Crippen LogP contribution < -0.4 is 10.4 Å². The average Bonchev–Trinajstić information content (AvgIpc) is 2.94. The minimum Gasteiger partial charge on any atom is -0.306 e. The molecule has 0 saturated carbocycles. The molecular formula is C15H14N4O5S. The second kappa shape index (κ2) is 6.49. The van der Waals surface area contributed by atoms with Crippen LogP contribution in [0.15, 0.2) is 52.2 Å². The van der Waals surface area contributed by atoms with Crippen molar-refractivity contribution < 1.29 is 13.3 Å². The van der Waals surface area contributed by atoms with E-state index in [2.05, 4.69) is 14.7 Å². The van der Waals surface area contributed by atoms with Gasteiger partial charge in [-0.1, -0.05) is 12.1 Å². The van der Waals surface area contributed by atoms with E-state index >= 15 is 0 Å². The van der Waals surface area contributed by atoms with E-state index in [1.807, 2.05) is 0 Å². The second-order valence-corrected chi connectivity index (χ2v) is 7.12. The van der Waals surface area contributed by atoms with Gasteiger partial charge in [-0.25, -0.2) is 17.9 Å². The first kappa shape index (κ1) is 16.9. The van der Waals surface area contributed by atoms with Crippen LogP contribution in [-0.4, -0.2) is 29.9 Å². The van der Waals surface area contributed by atoms with Gasteiger partial charge in [0, 0.05) is 18.7 Å². The SMILES string of the molecule is O=c1[nH]c2ccc(S(=O)(=O)NCCc3ccc([N+](=O)[O-])cc3)cc2[nH]1. The topological polar surface area (TPSA) is 138 Å². The van der Waals surface area contributed by atoms with Crippen LogP contribution in [0.3, 0.4) is 0 Å². The molecule has 3 N–H and O–H groups in total. The Kier molecular flexibility index (Phi) is 4.38. The van der Waals surface area contributed by atoms with E-state index in [4.69, 9.17) is 0 Å². The molecule has 0 aliphatic heterocycles. The number of nitrogens with one attached hydrogen (secondary N) is 3. The summed E-state index contributed by atoms with van der Waals surface area (Å²) in [7, 11) is -3.73. The Bertz CT molecular complexity index is 1080. The minimum absolute atomic E-state index is 0.0156. The Morgan fingerprint density at radius 2 is 1.72 bits per heavy atom. The van der Waals surface area contributed by atoms with E-state index in [9.17, 15) is 23.3 Å². The van der Waals surface area contributed by atoms with Crippen LogP contribution >= 0.6 is 0 Å². The van der Waals surface area contributed by atoms with Gasteiger partial charge in [0.2, 0.25) is 10.0 Å². The van der Waals surface area contributed by atoms with Crippen molar-refractivity contribution in [2.45, 2.75) is 11.3 Å². The summed E-state index contributed by atoms with van der Waals surface area (Å²) in [4.78, 5) is 26.4. The zero-order valence-electron chi connectivity index (χ0n) is 12.9. The molecule has 0 unspecified atom stereocenters. The van der Waals surface area contributed by atoms with Crippen molar-refractivity contribution in [1.29, 1.82) is 0 Å². The Balaban J connectivity index is 1.68. The van der Waals surface area contributed by atoms with Crippen LogP contribution in [0.1, 0.15) is 5.56 Å². The molecule has 0 aliphatic carbocycles. The summed E-state index contributed by atoms with van der Waals surface area (Å²) in [6.07, 6.45) is 0.389. The van der Waals surface area contributed by atoms with E-state index in [0.29, 0.717) is 17.5 Å². The van der Waals surface area contributed by atoms with Gasteiger partial charge in [-0.2, -0.15) is 0 Å². The third kappa shape index (κ3) is 3.75. The number of nitro groups is 1. The van der Waals surface area contributed by atoms with Gasteiger partial charge in [0.05, 0.1) is 20.9 Å². The number of nitro benzene ring substituents is 1. The first-order chi connectivity index (χ1) is 11.8. The molecule has 0 bridgehead atoms. The van der Waals surface area contributed by atoms with E-state index in [-0.39, 0.29) is 17.1 Å². The molecule has 0 amide bonds. The van der Waals surface area contributed by atoms with E-state index in [0.717, 1.165) is 5.56 Å². The summed E-state index contributed by atoms with van der Waals surface area (Å²) in [5.41, 5.74) is 1.28. The molecule has 3 aromatic rings. The fraction of sp³-hybridized carbons (Fsp3) is 0.133. The number of sulfonamides is 1. The van der Waals surface area contributed by atoms with Crippen LogP contribution in [0, 0.1) is 10.1 Å². The highest BCUT2D eigenvalue weighted by Crippen LogP contribution is 2.15.